The Morgan fingerprint density at radius 1 is 1.33 bits per heavy atom. The van der Waals surface area contributed by atoms with Crippen LogP contribution in [0.25, 0.3) is 0 Å². The Kier molecular flexibility index (Phi) is 3.38. The third-order valence-electron chi connectivity index (χ3n) is 1.99. The third kappa shape index (κ3) is 2.92. The van der Waals surface area contributed by atoms with Crippen LogP contribution in [0.5, 0.6) is 0 Å². The number of anilines is 2. The van der Waals surface area contributed by atoms with E-state index in [2.05, 4.69) is 15.3 Å². The molecule has 0 spiro atoms. The summed E-state index contributed by atoms with van der Waals surface area (Å²) in [5.74, 6) is -1.51. The summed E-state index contributed by atoms with van der Waals surface area (Å²) in [6.45, 7) is 0. The molecule has 1 aromatic heterocycles. The molecule has 18 heavy (non-hydrogen) atoms. The van der Waals surface area contributed by atoms with Gasteiger partial charge in [-0.3, -0.25) is 4.98 Å². The monoisotopic (exact) mass is 267 g/mol. The molecule has 0 saturated carbocycles. The van der Waals surface area contributed by atoms with Gasteiger partial charge in [0.2, 0.25) is 0 Å². The molecule has 0 fully saturated rings. The SMILES string of the molecule is O=C(O)c1cncc(Nc2cc(F)cc(Cl)c2)n1. The van der Waals surface area contributed by atoms with Gasteiger partial charge in [-0.05, 0) is 18.2 Å². The number of hydrogen-bond donors (Lipinski definition) is 2. The summed E-state index contributed by atoms with van der Waals surface area (Å²) in [4.78, 5) is 18.2. The van der Waals surface area contributed by atoms with Crippen molar-refractivity contribution in [2.75, 3.05) is 5.32 Å². The lowest BCUT2D eigenvalue weighted by Gasteiger charge is -2.06. The highest BCUT2D eigenvalue weighted by atomic mass is 35.5. The van der Waals surface area contributed by atoms with Crippen molar-refractivity contribution >= 4 is 29.1 Å². The standard InChI is InChI=1S/C11H7ClFN3O2/c12-6-1-7(13)3-8(2-6)15-10-5-14-4-9(16-10)11(17)18/h1-5H,(H,15,16)(H,17,18). The summed E-state index contributed by atoms with van der Waals surface area (Å²) in [6, 6.07) is 3.85. The molecule has 1 heterocycles. The first-order valence-electron chi connectivity index (χ1n) is 4.83. The average Bonchev–Trinajstić information content (AvgIpc) is 2.27. The molecule has 0 bridgehead atoms. The number of carboxylic acids is 1. The van der Waals surface area contributed by atoms with Gasteiger partial charge in [0.1, 0.15) is 11.6 Å². The quantitative estimate of drug-likeness (QED) is 0.894. The minimum atomic E-state index is -1.19. The van der Waals surface area contributed by atoms with E-state index in [-0.39, 0.29) is 16.5 Å². The first-order chi connectivity index (χ1) is 8.54. The Morgan fingerprint density at radius 2 is 2.11 bits per heavy atom. The summed E-state index contributed by atoms with van der Waals surface area (Å²) in [5, 5.41) is 11.7. The van der Waals surface area contributed by atoms with E-state index in [9.17, 15) is 9.18 Å². The number of nitrogens with zero attached hydrogens (tertiary/aromatic N) is 2. The van der Waals surface area contributed by atoms with Gasteiger partial charge in [0.15, 0.2) is 5.69 Å². The highest BCUT2D eigenvalue weighted by molar-refractivity contribution is 6.30. The zero-order valence-electron chi connectivity index (χ0n) is 8.89. The van der Waals surface area contributed by atoms with Gasteiger partial charge in [0, 0.05) is 10.7 Å². The molecule has 2 aromatic rings. The summed E-state index contributed by atoms with van der Waals surface area (Å²) < 4.78 is 13.1. The second-order valence-corrected chi connectivity index (χ2v) is 3.81. The van der Waals surface area contributed by atoms with Crippen LogP contribution in [0.3, 0.4) is 0 Å². The number of rotatable bonds is 3. The summed E-state index contributed by atoms with van der Waals surface area (Å²) in [7, 11) is 0. The van der Waals surface area contributed by atoms with Gasteiger partial charge in [-0.15, -0.1) is 0 Å². The van der Waals surface area contributed by atoms with Crippen LogP contribution in [0.2, 0.25) is 5.02 Å². The lowest BCUT2D eigenvalue weighted by atomic mass is 10.3. The van der Waals surface area contributed by atoms with Gasteiger partial charge >= 0.3 is 5.97 Å². The number of aromatic nitrogens is 2. The fraction of sp³-hybridized carbons (Fsp3) is 0. The van der Waals surface area contributed by atoms with Crippen molar-refractivity contribution in [3.05, 3.63) is 47.1 Å². The van der Waals surface area contributed by atoms with Gasteiger partial charge in [0.05, 0.1) is 12.4 Å². The molecule has 7 heteroatoms. The number of benzene rings is 1. The summed E-state index contributed by atoms with van der Waals surface area (Å²) >= 11 is 5.69. The van der Waals surface area contributed by atoms with Crippen LogP contribution in [0.1, 0.15) is 10.5 Å². The van der Waals surface area contributed by atoms with E-state index in [0.717, 1.165) is 12.3 Å². The molecule has 5 nitrogen and oxygen atoms in total. The lowest BCUT2D eigenvalue weighted by Crippen LogP contribution is -2.04. The van der Waals surface area contributed by atoms with Crippen molar-refractivity contribution in [3.63, 3.8) is 0 Å². The van der Waals surface area contributed by atoms with Crippen LogP contribution < -0.4 is 5.32 Å². The smallest absolute Gasteiger partial charge is 0.356 e. The average molecular weight is 268 g/mol. The highest BCUT2D eigenvalue weighted by Gasteiger charge is 2.07. The van der Waals surface area contributed by atoms with Crippen LogP contribution >= 0.6 is 11.6 Å². The second kappa shape index (κ2) is 4.97. The first kappa shape index (κ1) is 12.3. The Balaban J connectivity index is 2.28. The number of hydrogen-bond acceptors (Lipinski definition) is 4. The number of carboxylic acid groups (broad SMARTS) is 1. The van der Waals surface area contributed by atoms with Crippen LogP contribution in [0.4, 0.5) is 15.9 Å². The molecular formula is C11H7ClFN3O2. The van der Waals surface area contributed by atoms with Crippen molar-refractivity contribution in [3.8, 4) is 0 Å². The molecule has 2 rings (SSSR count). The van der Waals surface area contributed by atoms with Gasteiger partial charge in [-0.25, -0.2) is 14.2 Å². The molecule has 0 saturated heterocycles. The molecule has 1 aromatic carbocycles. The van der Waals surface area contributed by atoms with Crippen molar-refractivity contribution in [2.24, 2.45) is 0 Å². The molecule has 0 aliphatic rings. The van der Waals surface area contributed by atoms with Gasteiger partial charge in [-0.1, -0.05) is 11.6 Å². The maximum atomic E-state index is 13.1. The van der Waals surface area contributed by atoms with E-state index in [4.69, 9.17) is 16.7 Å². The van der Waals surface area contributed by atoms with Crippen molar-refractivity contribution in [2.45, 2.75) is 0 Å². The van der Waals surface area contributed by atoms with Crippen molar-refractivity contribution in [1.82, 2.24) is 9.97 Å². The van der Waals surface area contributed by atoms with Gasteiger partial charge in [0.25, 0.3) is 0 Å². The zero-order valence-corrected chi connectivity index (χ0v) is 9.65. The normalized spacial score (nSPS) is 10.1. The van der Waals surface area contributed by atoms with E-state index in [0.29, 0.717) is 5.69 Å². The summed E-state index contributed by atoms with van der Waals surface area (Å²) in [6.07, 6.45) is 2.44. The minimum Gasteiger partial charge on any atom is -0.476 e. The van der Waals surface area contributed by atoms with Gasteiger partial charge < -0.3 is 10.4 Å². The molecule has 0 amide bonds. The largest absolute Gasteiger partial charge is 0.476 e. The Morgan fingerprint density at radius 3 is 2.78 bits per heavy atom. The van der Waals surface area contributed by atoms with Crippen LogP contribution in [-0.2, 0) is 0 Å². The minimum absolute atomic E-state index is 0.191. The van der Waals surface area contributed by atoms with Crippen LogP contribution in [0, 0.1) is 5.82 Å². The van der Waals surface area contributed by atoms with E-state index in [1.165, 1.54) is 18.3 Å². The third-order valence-corrected chi connectivity index (χ3v) is 2.21. The molecule has 0 unspecified atom stereocenters. The maximum Gasteiger partial charge on any atom is 0.356 e. The van der Waals surface area contributed by atoms with E-state index < -0.39 is 11.8 Å². The molecular weight excluding hydrogens is 261 g/mol. The molecule has 2 N–H and O–H groups in total. The molecule has 0 aliphatic carbocycles. The number of nitrogens with one attached hydrogen (secondary N) is 1. The number of carbonyl (C=O) groups is 1. The fourth-order valence-electron chi connectivity index (χ4n) is 1.30. The molecule has 0 aliphatic heterocycles. The Bertz CT molecular complexity index is 586. The highest BCUT2D eigenvalue weighted by Crippen LogP contribution is 2.20. The topological polar surface area (TPSA) is 75.1 Å². The second-order valence-electron chi connectivity index (χ2n) is 3.38. The van der Waals surface area contributed by atoms with Crippen molar-refractivity contribution < 1.29 is 14.3 Å². The first-order valence-corrected chi connectivity index (χ1v) is 5.21. The number of aromatic carboxylic acids is 1. The summed E-state index contributed by atoms with van der Waals surface area (Å²) in [5.41, 5.74) is 0.152. The molecule has 0 radical (unpaired) electrons. The molecule has 92 valence electrons. The maximum absolute atomic E-state index is 13.1. The van der Waals surface area contributed by atoms with Gasteiger partial charge in [-0.2, -0.15) is 0 Å². The van der Waals surface area contributed by atoms with Crippen LogP contribution in [0.15, 0.2) is 30.6 Å². The van der Waals surface area contributed by atoms with Crippen molar-refractivity contribution in [1.29, 1.82) is 0 Å². The van der Waals surface area contributed by atoms with Crippen LogP contribution in [-0.4, -0.2) is 21.0 Å². The van der Waals surface area contributed by atoms with E-state index in [1.54, 1.807) is 0 Å². The predicted octanol–water partition coefficient (Wildman–Crippen LogP) is 2.71. The Labute approximate surface area is 106 Å². The fourth-order valence-corrected chi connectivity index (χ4v) is 1.52. The zero-order chi connectivity index (χ0) is 13.1. The van der Waals surface area contributed by atoms with E-state index in [1.807, 2.05) is 0 Å². The van der Waals surface area contributed by atoms with E-state index >= 15 is 0 Å². The lowest BCUT2D eigenvalue weighted by molar-refractivity contribution is 0.0690. The molecule has 0 atom stereocenters. The predicted molar refractivity (Wildman–Crippen MR) is 63.7 cm³/mol. The Hall–Kier alpha value is -2.21. The number of halogens is 2.